The molecule has 0 aliphatic carbocycles. The van der Waals surface area contributed by atoms with Gasteiger partial charge in [0.2, 0.25) is 0 Å². The molecule has 21 heavy (non-hydrogen) atoms. The first-order valence-corrected chi connectivity index (χ1v) is 7.61. The SMILES string of the molecule is CCOc1ccc(OCC(O)CN2CCCC(O)C2)cc1. The third kappa shape index (κ3) is 5.53. The molecule has 0 saturated carbocycles. The van der Waals surface area contributed by atoms with Crippen molar-refractivity contribution in [1.29, 1.82) is 0 Å². The number of hydrogen-bond acceptors (Lipinski definition) is 5. The lowest BCUT2D eigenvalue weighted by Crippen LogP contribution is -2.43. The zero-order valence-corrected chi connectivity index (χ0v) is 12.6. The normalized spacial score (nSPS) is 21.0. The van der Waals surface area contributed by atoms with Gasteiger partial charge in [-0.25, -0.2) is 0 Å². The first-order chi connectivity index (χ1) is 10.2. The van der Waals surface area contributed by atoms with Crippen LogP contribution in [-0.4, -0.2) is 60.2 Å². The summed E-state index contributed by atoms with van der Waals surface area (Å²) in [6.45, 7) is 4.94. The van der Waals surface area contributed by atoms with Crippen LogP contribution in [0.3, 0.4) is 0 Å². The van der Waals surface area contributed by atoms with Crippen LogP contribution in [0.1, 0.15) is 19.8 Å². The van der Waals surface area contributed by atoms with E-state index in [2.05, 4.69) is 4.90 Å². The first kappa shape index (κ1) is 16.1. The molecule has 0 radical (unpaired) electrons. The van der Waals surface area contributed by atoms with E-state index in [0.29, 0.717) is 19.7 Å². The van der Waals surface area contributed by atoms with Crippen LogP contribution in [0.15, 0.2) is 24.3 Å². The molecule has 5 nitrogen and oxygen atoms in total. The van der Waals surface area contributed by atoms with E-state index in [9.17, 15) is 10.2 Å². The van der Waals surface area contributed by atoms with Crippen LogP contribution < -0.4 is 9.47 Å². The number of likely N-dealkylation sites (tertiary alicyclic amines) is 1. The van der Waals surface area contributed by atoms with Crippen LogP contribution in [0, 0.1) is 0 Å². The van der Waals surface area contributed by atoms with Gasteiger partial charge in [-0.1, -0.05) is 0 Å². The third-order valence-electron chi connectivity index (χ3n) is 3.53. The number of aliphatic hydroxyl groups excluding tert-OH is 2. The Balaban J connectivity index is 1.71. The molecule has 1 saturated heterocycles. The van der Waals surface area contributed by atoms with Gasteiger partial charge in [0.05, 0.1) is 12.7 Å². The second kappa shape index (κ2) is 8.22. The minimum atomic E-state index is -0.554. The molecule has 0 aromatic heterocycles. The van der Waals surface area contributed by atoms with Gasteiger partial charge in [0.25, 0.3) is 0 Å². The van der Waals surface area contributed by atoms with Gasteiger partial charge < -0.3 is 19.7 Å². The second-order valence-corrected chi connectivity index (χ2v) is 5.42. The summed E-state index contributed by atoms with van der Waals surface area (Å²) < 4.78 is 10.9. The zero-order chi connectivity index (χ0) is 15.1. The third-order valence-corrected chi connectivity index (χ3v) is 3.53. The molecule has 1 aliphatic heterocycles. The van der Waals surface area contributed by atoms with Crippen molar-refractivity contribution in [3.63, 3.8) is 0 Å². The van der Waals surface area contributed by atoms with Crippen molar-refractivity contribution < 1.29 is 19.7 Å². The Kier molecular flexibility index (Phi) is 6.29. The van der Waals surface area contributed by atoms with Gasteiger partial charge in [-0.15, -0.1) is 0 Å². The maximum atomic E-state index is 10.0. The standard InChI is InChI=1S/C16H25NO4/c1-2-20-15-5-7-16(8-6-15)21-12-14(19)11-17-9-3-4-13(18)10-17/h5-8,13-14,18-19H,2-4,9-12H2,1H3. The van der Waals surface area contributed by atoms with E-state index < -0.39 is 6.10 Å². The molecule has 1 aromatic rings. The van der Waals surface area contributed by atoms with Crippen LogP contribution in [-0.2, 0) is 0 Å². The Morgan fingerprint density at radius 3 is 2.52 bits per heavy atom. The highest BCUT2D eigenvalue weighted by atomic mass is 16.5. The highest BCUT2D eigenvalue weighted by Gasteiger charge is 2.20. The predicted octanol–water partition coefficient (Wildman–Crippen LogP) is 1.28. The Morgan fingerprint density at radius 2 is 1.90 bits per heavy atom. The smallest absolute Gasteiger partial charge is 0.119 e. The molecule has 1 fully saturated rings. The molecule has 118 valence electrons. The fraction of sp³-hybridized carbons (Fsp3) is 0.625. The van der Waals surface area contributed by atoms with Crippen molar-refractivity contribution in [1.82, 2.24) is 4.90 Å². The number of nitrogens with zero attached hydrogens (tertiary/aromatic N) is 1. The molecule has 2 rings (SSSR count). The van der Waals surface area contributed by atoms with E-state index in [4.69, 9.17) is 9.47 Å². The molecule has 0 spiro atoms. The minimum Gasteiger partial charge on any atom is -0.494 e. The summed E-state index contributed by atoms with van der Waals surface area (Å²) in [5, 5.41) is 19.6. The zero-order valence-electron chi connectivity index (χ0n) is 12.6. The summed E-state index contributed by atoms with van der Waals surface area (Å²) in [5.41, 5.74) is 0. The van der Waals surface area contributed by atoms with Gasteiger partial charge in [-0.05, 0) is 50.6 Å². The lowest BCUT2D eigenvalue weighted by molar-refractivity contribution is 0.0243. The molecule has 1 aliphatic rings. The Hall–Kier alpha value is -1.30. The van der Waals surface area contributed by atoms with Crippen LogP contribution in [0.4, 0.5) is 0 Å². The fourth-order valence-corrected chi connectivity index (χ4v) is 2.54. The van der Waals surface area contributed by atoms with Crippen LogP contribution in [0.2, 0.25) is 0 Å². The second-order valence-electron chi connectivity index (χ2n) is 5.42. The molecule has 2 N–H and O–H groups in total. The molecule has 2 unspecified atom stereocenters. The lowest BCUT2D eigenvalue weighted by atomic mass is 10.1. The molecule has 5 heteroatoms. The van der Waals surface area contributed by atoms with Crippen LogP contribution >= 0.6 is 0 Å². The summed E-state index contributed by atoms with van der Waals surface area (Å²) in [6, 6.07) is 7.38. The fourth-order valence-electron chi connectivity index (χ4n) is 2.54. The number of benzene rings is 1. The van der Waals surface area contributed by atoms with Crippen LogP contribution in [0.5, 0.6) is 11.5 Å². The topological polar surface area (TPSA) is 62.2 Å². The quantitative estimate of drug-likeness (QED) is 0.793. The van der Waals surface area contributed by atoms with Gasteiger partial charge in [0.1, 0.15) is 24.2 Å². The van der Waals surface area contributed by atoms with E-state index in [0.717, 1.165) is 30.9 Å². The van der Waals surface area contributed by atoms with Crippen molar-refractivity contribution in [3.8, 4) is 11.5 Å². The van der Waals surface area contributed by atoms with Crippen molar-refractivity contribution in [2.24, 2.45) is 0 Å². The van der Waals surface area contributed by atoms with Crippen LogP contribution in [0.25, 0.3) is 0 Å². The maximum Gasteiger partial charge on any atom is 0.119 e. The number of aliphatic hydroxyl groups is 2. The lowest BCUT2D eigenvalue weighted by Gasteiger charge is -2.31. The summed E-state index contributed by atoms with van der Waals surface area (Å²) in [6.07, 6.45) is 1.02. The van der Waals surface area contributed by atoms with Gasteiger partial charge in [0, 0.05) is 13.1 Å². The number of β-amino-alcohol motifs (C(OH)–C–C–N with tert-alkyl or cyclic N) is 2. The molecule has 0 amide bonds. The number of hydrogen-bond donors (Lipinski definition) is 2. The van der Waals surface area contributed by atoms with E-state index in [1.165, 1.54) is 0 Å². The highest BCUT2D eigenvalue weighted by molar-refractivity contribution is 5.31. The Labute approximate surface area is 126 Å². The van der Waals surface area contributed by atoms with Crippen molar-refractivity contribution >= 4 is 0 Å². The summed E-state index contributed by atoms with van der Waals surface area (Å²) in [5.74, 6) is 1.53. The maximum absolute atomic E-state index is 10.0. The Morgan fingerprint density at radius 1 is 1.24 bits per heavy atom. The summed E-state index contributed by atoms with van der Waals surface area (Å²) in [7, 11) is 0. The number of ether oxygens (including phenoxy) is 2. The van der Waals surface area contributed by atoms with Crippen molar-refractivity contribution in [2.75, 3.05) is 32.8 Å². The van der Waals surface area contributed by atoms with Crippen molar-refractivity contribution in [2.45, 2.75) is 32.0 Å². The molecule has 2 atom stereocenters. The molecular formula is C16H25NO4. The van der Waals surface area contributed by atoms with E-state index in [-0.39, 0.29) is 12.7 Å². The van der Waals surface area contributed by atoms with E-state index in [1.807, 2.05) is 31.2 Å². The molecule has 1 heterocycles. The number of piperidine rings is 1. The largest absolute Gasteiger partial charge is 0.494 e. The predicted molar refractivity (Wildman–Crippen MR) is 80.8 cm³/mol. The molecular weight excluding hydrogens is 270 g/mol. The molecule has 1 aromatic carbocycles. The van der Waals surface area contributed by atoms with Crippen molar-refractivity contribution in [3.05, 3.63) is 24.3 Å². The van der Waals surface area contributed by atoms with E-state index in [1.54, 1.807) is 0 Å². The monoisotopic (exact) mass is 295 g/mol. The average molecular weight is 295 g/mol. The van der Waals surface area contributed by atoms with Gasteiger partial charge in [-0.3, -0.25) is 4.90 Å². The van der Waals surface area contributed by atoms with Gasteiger partial charge in [-0.2, -0.15) is 0 Å². The summed E-state index contributed by atoms with van der Waals surface area (Å²) >= 11 is 0. The molecule has 0 bridgehead atoms. The summed E-state index contributed by atoms with van der Waals surface area (Å²) in [4.78, 5) is 2.08. The van der Waals surface area contributed by atoms with E-state index >= 15 is 0 Å². The average Bonchev–Trinajstić information content (AvgIpc) is 2.47. The van der Waals surface area contributed by atoms with Gasteiger partial charge in [0.15, 0.2) is 0 Å². The van der Waals surface area contributed by atoms with Gasteiger partial charge >= 0.3 is 0 Å². The Bertz CT molecular complexity index is 409. The minimum absolute atomic E-state index is 0.251. The number of rotatable bonds is 7. The first-order valence-electron chi connectivity index (χ1n) is 7.61. The highest BCUT2D eigenvalue weighted by Crippen LogP contribution is 2.18.